The first-order valence-electron chi connectivity index (χ1n) is 7.52. The molecule has 4 nitrogen and oxygen atoms in total. The molecule has 1 aliphatic heterocycles. The van der Waals surface area contributed by atoms with Crippen LogP contribution in [0.2, 0.25) is 0 Å². The molecule has 2 rings (SSSR count). The summed E-state index contributed by atoms with van der Waals surface area (Å²) in [7, 11) is 2.01. The minimum atomic E-state index is 0.528. The van der Waals surface area contributed by atoms with Crippen LogP contribution in [0.15, 0.2) is 0 Å². The van der Waals surface area contributed by atoms with Gasteiger partial charge in [-0.1, -0.05) is 6.92 Å². The molecule has 2 heterocycles. The SMILES string of the molecule is CCN1CCC(C(C)Nc2c(C)nn(C)c2C)CC1. The van der Waals surface area contributed by atoms with Crippen LogP contribution >= 0.6 is 0 Å². The molecular weight excluding hydrogens is 236 g/mol. The van der Waals surface area contributed by atoms with Gasteiger partial charge in [0.15, 0.2) is 0 Å². The predicted octanol–water partition coefficient (Wildman–Crippen LogP) is 2.57. The van der Waals surface area contributed by atoms with Gasteiger partial charge >= 0.3 is 0 Å². The Balaban J connectivity index is 1.96. The summed E-state index contributed by atoms with van der Waals surface area (Å²) < 4.78 is 1.96. The number of nitrogens with zero attached hydrogens (tertiary/aromatic N) is 3. The lowest BCUT2D eigenvalue weighted by atomic mass is 9.90. The van der Waals surface area contributed by atoms with Crippen molar-refractivity contribution in [2.75, 3.05) is 25.0 Å². The molecule has 1 N–H and O–H groups in total. The fourth-order valence-corrected chi connectivity index (χ4v) is 3.10. The Labute approximate surface area is 117 Å². The Morgan fingerprint density at radius 1 is 1.32 bits per heavy atom. The number of rotatable bonds is 4. The van der Waals surface area contributed by atoms with Gasteiger partial charge in [-0.15, -0.1) is 0 Å². The van der Waals surface area contributed by atoms with Crippen molar-refractivity contribution in [1.82, 2.24) is 14.7 Å². The molecule has 1 aromatic heterocycles. The molecule has 0 spiro atoms. The summed E-state index contributed by atoms with van der Waals surface area (Å²) >= 11 is 0. The van der Waals surface area contributed by atoms with E-state index in [1.807, 2.05) is 11.7 Å². The smallest absolute Gasteiger partial charge is 0.0827 e. The Bertz CT molecular complexity index is 416. The van der Waals surface area contributed by atoms with Gasteiger partial charge in [-0.05, 0) is 59.2 Å². The van der Waals surface area contributed by atoms with Crippen LogP contribution in [-0.4, -0.2) is 40.4 Å². The van der Waals surface area contributed by atoms with Crippen molar-refractivity contribution in [1.29, 1.82) is 0 Å². The van der Waals surface area contributed by atoms with E-state index >= 15 is 0 Å². The number of hydrogen-bond donors (Lipinski definition) is 1. The molecule has 0 aliphatic carbocycles. The highest BCUT2D eigenvalue weighted by Gasteiger charge is 2.24. The van der Waals surface area contributed by atoms with Crippen LogP contribution in [0.1, 0.15) is 38.1 Å². The van der Waals surface area contributed by atoms with E-state index in [2.05, 4.69) is 43.0 Å². The molecule has 108 valence electrons. The topological polar surface area (TPSA) is 33.1 Å². The van der Waals surface area contributed by atoms with Crippen molar-refractivity contribution in [2.24, 2.45) is 13.0 Å². The molecule has 1 aliphatic rings. The van der Waals surface area contributed by atoms with Crippen molar-refractivity contribution >= 4 is 5.69 Å². The van der Waals surface area contributed by atoms with E-state index in [9.17, 15) is 0 Å². The molecular formula is C15H28N4. The summed E-state index contributed by atoms with van der Waals surface area (Å²) in [5.41, 5.74) is 3.57. The number of aryl methyl sites for hydroxylation is 2. The first-order chi connectivity index (χ1) is 9.02. The van der Waals surface area contributed by atoms with Gasteiger partial charge in [0, 0.05) is 13.1 Å². The summed E-state index contributed by atoms with van der Waals surface area (Å²) in [6, 6.07) is 0.528. The lowest BCUT2D eigenvalue weighted by Crippen LogP contribution is -2.39. The Hall–Kier alpha value is -1.03. The van der Waals surface area contributed by atoms with Gasteiger partial charge < -0.3 is 10.2 Å². The summed E-state index contributed by atoms with van der Waals surface area (Å²) in [5.74, 6) is 0.779. The minimum absolute atomic E-state index is 0.528. The quantitative estimate of drug-likeness (QED) is 0.907. The molecule has 4 heteroatoms. The van der Waals surface area contributed by atoms with Gasteiger partial charge in [0.25, 0.3) is 0 Å². The molecule has 1 aromatic rings. The Morgan fingerprint density at radius 2 is 1.95 bits per heavy atom. The summed E-state index contributed by atoms with van der Waals surface area (Å²) in [5, 5.41) is 8.18. The van der Waals surface area contributed by atoms with Gasteiger partial charge in [0.1, 0.15) is 0 Å². The fraction of sp³-hybridized carbons (Fsp3) is 0.800. The van der Waals surface area contributed by atoms with Gasteiger partial charge in [0.05, 0.1) is 17.1 Å². The zero-order valence-corrected chi connectivity index (χ0v) is 13.0. The Kier molecular flexibility index (Phi) is 4.50. The molecule has 1 fully saturated rings. The van der Waals surface area contributed by atoms with Gasteiger partial charge in [-0.25, -0.2) is 0 Å². The highest BCUT2D eigenvalue weighted by Crippen LogP contribution is 2.26. The van der Waals surface area contributed by atoms with E-state index in [0.717, 1.165) is 11.6 Å². The standard InChI is InChI=1S/C15H28N4/c1-6-19-9-7-14(8-10-19)11(2)16-15-12(3)17-18(5)13(15)4/h11,14,16H,6-10H2,1-5H3. The monoisotopic (exact) mass is 264 g/mol. The zero-order chi connectivity index (χ0) is 14.0. The largest absolute Gasteiger partial charge is 0.379 e. The van der Waals surface area contributed by atoms with Crippen LogP contribution in [0.25, 0.3) is 0 Å². The molecule has 0 radical (unpaired) electrons. The van der Waals surface area contributed by atoms with E-state index in [1.165, 1.54) is 43.9 Å². The number of aromatic nitrogens is 2. The third-order valence-electron chi connectivity index (χ3n) is 4.67. The summed E-state index contributed by atoms with van der Waals surface area (Å²) in [6.07, 6.45) is 2.61. The molecule has 1 atom stereocenters. The third-order valence-corrected chi connectivity index (χ3v) is 4.67. The predicted molar refractivity (Wildman–Crippen MR) is 80.6 cm³/mol. The van der Waals surface area contributed by atoms with Gasteiger partial charge in [-0.3, -0.25) is 4.68 Å². The number of piperidine rings is 1. The second-order valence-corrected chi connectivity index (χ2v) is 5.87. The van der Waals surface area contributed by atoms with E-state index in [4.69, 9.17) is 0 Å². The third kappa shape index (κ3) is 3.11. The molecule has 1 saturated heterocycles. The van der Waals surface area contributed by atoms with Crippen molar-refractivity contribution in [3.05, 3.63) is 11.4 Å². The van der Waals surface area contributed by atoms with Crippen molar-refractivity contribution in [3.8, 4) is 0 Å². The maximum Gasteiger partial charge on any atom is 0.0827 e. The van der Waals surface area contributed by atoms with E-state index in [-0.39, 0.29) is 0 Å². The summed E-state index contributed by atoms with van der Waals surface area (Å²) in [6.45, 7) is 12.5. The summed E-state index contributed by atoms with van der Waals surface area (Å²) in [4.78, 5) is 2.55. The first-order valence-corrected chi connectivity index (χ1v) is 7.52. The van der Waals surface area contributed by atoms with Crippen molar-refractivity contribution in [3.63, 3.8) is 0 Å². The maximum absolute atomic E-state index is 4.48. The second-order valence-electron chi connectivity index (χ2n) is 5.87. The molecule has 0 bridgehead atoms. The van der Waals surface area contributed by atoms with Crippen molar-refractivity contribution in [2.45, 2.75) is 46.6 Å². The van der Waals surface area contributed by atoms with Crippen LogP contribution in [0.3, 0.4) is 0 Å². The number of likely N-dealkylation sites (tertiary alicyclic amines) is 1. The average molecular weight is 264 g/mol. The van der Waals surface area contributed by atoms with Crippen LogP contribution < -0.4 is 5.32 Å². The number of anilines is 1. The molecule has 0 aromatic carbocycles. The van der Waals surface area contributed by atoms with Crippen LogP contribution in [0.5, 0.6) is 0 Å². The van der Waals surface area contributed by atoms with E-state index < -0.39 is 0 Å². The highest BCUT2D eigenvalue weighted by molar-refractivity contribution is 5.52. The number of hydrogen-bond acceptors (Lipinski definition) is 3. The van der Waals surface area contributed by atoms with E-state index in [1.54, 1.807) is 0 Å². The van der Waals surface area contributed by atoms with Gasteiger partial charge in [0.2, 0.25) is 0 Å². The molecule has 19 heavy (non-hydrogen) atoms. The Morgan fingerprint density at radius 3 is 2.42 bits per heavy atom. The van der Waals surface area contributed by atoms with Crippen LogP contribution in [0.4, 0.5) is 5.69 Å². The number of nitrogens with one attached hydrogen (secondary N) is 1. The fourth-order valence-electron chi connectivity index (χ4n) is 3.10. The molecule has 1 unspecified atom stereocenters. The maximum atomic E-state index is 4.48. The zero-order valence-electron chi connectivity index (χ0n) is 13.0. The molecule has 0 saturated carbocycles. The molecule has 0 amide bonds. The normalized spacial score (nSPS) is 19.6. The highest BCUT2D eigenvalue weighted by atomic mass is 15.3. The first kappa shape index (κ1) is 14.4. The van der Waals surface area contributed by atoms with Crippen LogP contribution in [-0.2, 0) is 7.05 Å². The van der Waals surface area contributed by atoms with Crippen molar-refractivity contribution < 1.29 is 0 Å². The van der Waals surface area contributed by atoms with E-state index in [0.29, 0.717) is 6.04 Å². The van der Waals surface area contributed by atoms with Crippen LogP contribution in [0, 0.1) is 19.8 Å². The minimum Gasteiger partial charge on any atom is -0.379 e. The lowest BCUT2D eigenvalue weighted by Gasteiger charge is -2.34. The van der Waals surface area contributed by atoms with Gasteiger partial charge in [-0.2, -0.15) is 5.10 Å². The second kappa shape index (κ2) is 5.95. The lowest BCUT2D eigenvalue weighted by molar-refractivity contribution is 0.183. The average Bonchev–Trinajstić information content (AvgIpc) is 2.65.